The fourth-order valence-electron chi connectivity index (χ4n) is 1.86. The van der Waals surface area contributed by atoms with Crippen LogP contribution in [0.4, 0.5) is 0 Å². The molecular formula is C15H16O3. The minimum Gasteiger partial charge on any atom is -0.475 e. The molecule has 0 aliphatic rings. The van der Waals surface area contributed by atoms with Crippen LogP contribution in [0.2, 0.25) is 0 Å². The number of terminal acetylenes is 1. The van der Waals surface area contributed by atoms with Crippen LogP contribution in [0.25, 0.3) is 0 Å². The van der Waals surface area contributed by atoms with Crippen LogP contribution in [0.3, 0.4) is 0 Å². The van der Waals surface area contributed by atoms with Crippen molar-refractivity contribution in [3.63, 3.8) is 0 Å². The zero-order valence-corrected chi connectivity index (χ0v) is 10.6. The van der Waals surface area contributed by atoms with E-state index in [1.54, 1.807) is 19.1 Å². The van der Waals surface area contributed by atoms with Crippen molar-refractivity contribution in [2.45, 2.75) is 32.1 Å². The van der Waals surface area contributed by atoms with Gasteiger partial charge in [-0.05, 0) is 24.5 Å². The summed E-state index contributed by atoms with van der Waals surface area (Å²) in [5, 5.41) is 8.89. The highest BCUT2D eigenvalue weighted by Gasteiger charge is 2.38. The highest BCUT2D eigenvalue weighted by Crippen LogP contribution is 2.29. The van der Waals surface area contributed by atoms with Crippen LogP contribution >= 0.6 is 0 Å². The molecule has 1 N–H and O–H groups in total. The number of carboxylic acid groups (broad SMARTS) is 1. The minimum atomic E-state index is -1.45. The molecule has 0 aliphatic heterocycles. The second-order valence-electron chi connectivity index (χ2n) is 4.40. The molecule has 0 bridgehead atoms. The van der Waals surface area contributed by atoms with Crippen molar-refractivity contribution in [2.24, 2.45) is 0 Å². The van der Waals surface area contributed by atoms with Gasteiger partial charge in [-0.25, -0.2) is 4.79 Å². The fraction of sp³-hybridized carbons (Fsp3) is 0.333. The van der Waals surface area contributed by atoms with Gasteiger partial charge < -0.3 is 5.11 Å². The van der Waals surface area contributed by atoms with Gasteiger partial charge in [0, 0.05) is 6.42 Å². The molecule has 1 unspecified atom stereocenters. The molecule has 0 radical (unpaired) electrons. The van der Waals surface area contributed by atoms with Gasteiger partial charge in [-0.15, -0.1) is 12.3 Å². The van der Waals surface area contributed by atoms with Crippen molar-refractivity contribution >= 4 is 11.8 Å². The Hall–Kier alpha value is -2.08. The molecule has 0 aliphatic carbocycles. The molecule has 0 heterocycles. The summed E-state index contributed by atoms with van der Waals surface area (Å²) in [6, 6.07) is 7.33. The first-order valence-electron chi connectivity index (χ1n) is 5.76. The summed E-state index contributed by atoms with van der Waals surface area (Å²) >= 11 is 0. The first-order chi connectivity index (χ1) is 8.45. The van der Waals surface area contributed by atoms with Gasteiger partial charge in [-0.1, -0.05) is 31.2 Å². The molecule has 0 saturated heterocycles. The van der Waals surface area contributed by atoms with Crippen LogP contribution in [0.1, 0.15) is 31.4 Å². The normalized spacial score (nSPS) is 13.4. The Morgan fingerprint density at radius 2 is 1.89 bits per heavy atom. The average Bonchev–Trinajstić information content (AvgIpc) is 2.38. The minimum absolute atomic E-state index is 0.0730. The standard InChI is InChI=1S/C15H16O3/c1-4-10-15(3,13(16)14(17)18)12-8-6-11(5-2)7-9-12/h1,6-9H,5,10H2,2-3H3,(H,17,18). The van der Waals surface area contributed by atoms with E-state index in [1.165, 1.54) is 0 Å². The van der Waals surface area contributed by atoms with E-state index in [9.17, 15) is 9.59 Å². The summed E-state index contributed by atoms with van der Waals surface area (Å²) in [5.41, 5.74) is 0.613. The third-order valence-electron chi connectivity index (χ3n) is 3.15. The summed E-state index contributed by atoms with van der Waals surface area (Å²) < 4.78 is 0. The van der Waals surface area contributed by atoms with Gasteiger partial charge in [0.15, 0.2) is 0 Å². The second kappa shape index (κ2) is 5.50. The van der Waals surface area contributed by atoms with E-state index in [4.69, 9.17) is 11.5 Å². The molecule has 18 heavy (non-hydrogen) atoms. The number of aliphatic carboxylic acids is 1. The quantitative estimate of drug-likeness (QED) is 0.638. The zero-order valence-electron chi connectivity index (χ0n) is 10.6. The Bertz CT molecular complexity index is 493. The van der Waals surface area contributed by atoms with Crippen LogP contribution in [-0.4, -0.2) is 16.9 Å². The number of benzene rings is 1. The number of hydrogen-bond acceptors (Lipinski definition) is 2. The fourth-order valence-corrected chi connectivity index (χ4v) is 1.86. The predicted octanol–water partition coefficient (Wildman–Crippen LogP) is 2.18. The third kappa shape index (κ3) is 2.60. The van der Waals surface area contributed by atoms with Gasteiger partial charge in [-0.3, -0.25) is 4.79 Å². The van der Waals surface area contributed by atoms with Crippen molar-refractivity contribution in [3.8, 4) is 12.3 Å². The first-order valence-corrected chi connectivity index (χ1v) is 5.76. The summed E-state index contributed by atoms with van der Waals surface area (Å²) in [6.07, 6.45) is 6.21. The summed E-state index contributed by atoms with van der Waals surface area (Å²) in [6.45, 7) is 3.60. The maximum absolute atomic E-state index is 11.8. The maximum Gasteiger partial charge on any atom is 0.373 e. The van der Waals surface area contributed by atoms with Crippen LogP contribution in [0, 0.1) is 12.3 Å². The number of ketones is 1. The van der Waals surface area contributed by atoms with Crippen molar-refractivity contribution < 1.29 is 14.7 Å². The van der Waals surface area contributed by atoms with Gasteiger partial charge in [0.1, 0.15) is 0 Å². The predicted molar refractivity (Wildman–Crippen MR) is 69.3 cm³/mol. The van der Waals surface area contributed by atoms with Gasteiger partial charge >= 0.3 is 5.97 Å². The molecule has 94 valence electrons. The largest absolute Gasteiger partial charge is 0.475 e. The van der Waals surface area contributed by atoms with Crippen molar-refractivity contribution in [2.75, 3.05) is 0 Å². The molecule has 0 amide bonds. The molecule has 0 aromatic heterocycles. The number of aryl methyl sites for hydroxylation is 1. The molecule has 1 aromatic rings. The van der Waals surface area contributed by atoms with E-state index in [0.717, 1.165) is 12.0 Å². The van der Waals surface area contributed by atoms with E-state index < -0.39 is 17.2 Å². The van der Waals surface area contributed by atoms with Crippen LogP contribution in [-0.2, 0) is 21.4 Å². The summed E-state index contributed by atoms with van der Waals surface area (Å²) in [7, 11) is 0. The lowest BCUT2D eigenvalue weighted by Gasteiger charge is -2.24. The third-order valence-corrected chi connectivity index (χ3v) is 3.15. The molecule has 1 atom stereocenters. The van der Waals surface area contributed by atoms with E-state index in [0.29, 0.717) is 5.56 Å². The van der Waals surface area contributed by atoms with Crippen LogP contribution < -0.4 is 0 Å². The van der Waals surface area contributed by atoms with Crippen molar-refractivity contribution in [1.29, 1.82) is 0 Å². The molecule has 0 fully saturated rings. The van der Waals surface area contributed by atoms with E-state index in [-0.39, 0.29) is 6.42 Å². The first kappa shape index (κ1) is 14.0. The molecule has 3 nitrogen and oxygen atoms in total. The molecule has 1 aromatic carbocycles. The Morgan fingerprint density at radius 3 is 2.28 bits per heavy atom. The Balaban J connectivity index is 3.22. The lowest BCUT2D eigenvalue weighted by atomic mass is 9.76. The monoisotopic (exact) mass is 244 g/mol. The Kier molecular flexibility index (Phi) is 4.28. The summed E-state index contributed by atoms with van der Waals surface area (Å²) in [4.78, 5) is 22.7. The van der Waals surface area contributed by atoms with Crippen LogP contribution in [0.15, 0.2) is 24.3 Å². The molecule has 1 rings (SSSR count). The number of carbonyl (C=O) groups is 2. The van der Waals surface area contributed by atoms with E-state index >= 15 is 0 Å². The number of rotatable bonds is 5. The smallest absolute Gasteiger partial charge is 0.373 e. The molecule has 3 heteroatoms. The number of Topliss-reactive ketones (excluding diaryl/α,β-unsaturated/α-hetero) is 1. The van der Waals surface area contributed by atoms with Gasteiger partial charge in [-0.2, -0.15) is 0 Å². The second-order valence-corrected chi connectivity index (χ2v) is 4.40. The van der Waals surface area contributed by atoms with E-state index in [2.05, 4.69) is 5.92 Å². The van der Waals surface area contributed by atoms with Gasteiger partial charge in [0.2, 0.25) is 0 Å². The molecule has 0 spiro atoms. The molecular weight excluding hydrogens is 228 g/mol. The van der Waals surface area contributed by atoms with Gasteiger partial charge in [0.05, 0.1) is 5.41 Å². The van der Waals surface area contributed by atoms with Gasteiger partial charge in [0.25, 0.3) is 5.78 Å². The maximum atomic E-state index is 11.8. The Morgan fingerprint density at radius 1 is 1.33 bits per heavy atom. The lowest BCUT2D eigenvalue weighted by Crippen LogP contribution is -2.37. The highest BCUT2D eigenvalue weighted by atomic mass is 16.4. The molecule has 0 saturated carbocycles. The number of carboxylic acids is 1. The van der Waals surface area contributed by atoms with E-state index in [1.807, 2.05) is 19.1 Å². The summed E-state index contributed by atoms with van der Waals surface area (Å²) in [5.74, 6) is 0.0648. The SMILES string of the molecule is C#CCC(C)(C(=O)C(=O)O)c1ccc(CC)cc1. The highest BCUT2D eigenvalue weighted by molar-refractivity contribution is 6.36. The van der Waals surface area contributed by atoms with Crippen LogP contribution in [0.5, 0.6) is 0 Å². The van der Waals surface area contributed by atoms with Crippen molar-refractivity contribution in [1.82, 2.24) is 0 Å². The zero-order chi connectivity index (χ0) is 13.8. The number of carbonyl (C=O) groups excluding carboxylic acids is 1. The van der Waals surface area contributed by atoms with Crippen molar-refractivity contribution in [3.05, 3.63) is 35.4 Å². The number of hydrogen-bond donors (Lipinski definition) is 1. The Labute approximate surface area is 107 Å². The average molecular weight is 244 g/mol. The topological polar surface area (TPSA) is 54.4 Å². The lowest BCUT2D eigenvalue weighted by molar-refractivity contribution is -0.151.